The average Bonchev–Trinajstić information content (AvgIpc) is 3.46. The molecule has 8 heteroatoms. The molecule has 2 bridgehead atoms. The number of carbonyl (C=O) groups is 1. The molecule has 1 aromatic carbocycles. The number of halogens is 1. The SMILES string of the molecule is O=C(c1ccccc1-n1nccn1)N1CC2CC(Nc3ccc(Cl)cn3)C1C2. The molecule has 1 aliphatic heterocycles. The number of amides is 1. The Labute approximate surface area is 167 Å². The maximum atomic E-state index is 13.4. The van der Waals surface area contributed by atoms with E-state index in [9.17, 15) is 4.79 Å². The molecule has 28 heavy (non-hydrogen) atoms. The van der Waals surface area contributed by atoms with E-state index < -0.39 is 0 Å². The minimum Gasteiger partial charge on any atom is -0.365 e. The smallest absolute Gasteiger partial charge is 0.256 e. The molecule has 1 saturated carbocycles. The predicted octanol–water partition coefficient (Wildman–Crippen LogP) is 3.03. The fraction of sp³-hybridized carbons (Fsp3) is 0.300. The van der Waals surface area contributed by atoms with E-state index in [0.717, 1.165) is 25.2 Å². The molecular weight excluding hydrogens is 376 g/mol. The third-order valence-electron chi connectivity index (χ3n) is 5.57. The van der Waals surface area contributed by atoms with Gasteiger partial charge in [-0.3, -0.25) is 4.79 Å². The van der Waals surface area contributed by atoms with Gasteiger partial charge in [0, 0.05) is 18.8 Å². The number of benzene rings is 1. The third kappa shape index (κ3) is 3.01. The zero-order valence-corrected chi connectivity index (χ0v) is 15.8. The van der Waals surface area contributed by atoms with Crippen molar-refractivity contribution in [2.45, 2.75) is 24.9 Å². The Hall–Kier alpha value is -2.93. The van der Waals surface area contributed by atoms with E-state index in [2.05, 4.69) is 20.5 Å². The van der Waals surface area contributed by atoms with Crippen molar-refractivity contribution in [2.24, 2.45) is 5.92 Å². The van der Waals surface area contributed by atoms with Crippen molar-refractivity contribution in [3.63, 3.8) is 0 Å². The Balaban J connectivity index is 1.39. The molecule has 3 unspecified atom stereocenters. The highest BCUT2D eigenvalue weighted by Gasteiger charge is 2.47. The summed E-state index contributed by atoms with van der Waals surface area (Å²) in [7, 11) is 0. The van der Waals surface area contributed by atoms with Crippen molar-refractivity contribution in [1.82, 2.24) is 24.9 Å². The molecule has 2 fully saturated rings. The Morgan fingerprint density at radius 1 is 1.11 bits per heavy atom. The number of hydrogen-bond donors (Lipinski definition) is 1. The number of hydrogen-bond acceptors (Lipinski definition) is 5. The number of nitrogens with zero attached hydrogens (tertiary/aromatic N) is 5. The van der Waals surface area contributed by atoms with E-state index in [0.29, 0.717) is 22.2 Å². The largest absolute Gasteiger partial charge is 0.365 e. The van der Waals surface area contributed by atoms with Crippen LogP contribution in [0.2, 0.25) is 5.02 Å². The Morgan fingerprint density at radius 2 is 1.93 bits per heavy atom. The second-order valence-electron chi connectivity index (χ2n) is 7.31. The number of aromatic nitrogens is 4. The standard InChI is InChI=1S/C20H19ClN6O/c21-14-5-6-19(22-11-14)25-16-9-13-10-18(16)26(12-13)20(28)15-3-1-2-4-17(15)27-23-7-8-24-27/h1-8,11,13,16,18H,9-10,12H2,(H,22,25). The van der Waals surface area contributed by atoms with E-state index in [1.165, 1.54) is 4.80 Å². The van der Waals surface area contributed by atoms with Crippen molar-refractivity contribution in [1.29, 1.82) is 0 Å². The number of carbonyl (C=O) groups excluding carboxylic acids is 1. The van der Waals surface area contributed by atoms with Crippen LogP contribution in [-0.2, 0) is 0 Å². The lowest BCUT2D eigenvalue weighted by atomic mass is 10.0. The van der Waals surface area contributed by atoms with Gasteiger partial charge in [-0.05, 0) is 43.0 Å². The van der Waals surface area contributed by atoms with Gasteiger partial charge >= 0.3 is 0 Å². The van der Waals surface area contributed by atoms with Gasteiger partial charge in [0.1, 0.15) is 5.82 Å². The van der Waals surface area contributed by atoms with Crippen molar-refractivity contribution < 1.29 is 4.79 Å². The maximum Gasteiger partial charge on any atom is 0.256 e. The summed E-state index contributed by atoms with van der Waals surface area (Å²) in [4.78, 5) is 21.2. The van der Waals surface area contributed by atoms with E-state index in [4.69, 9.17) is 11.6 Å². The van der Waals surface area contributed by atoms with Gasteiger partial charge in [0.15, 0.2) is 0 Å². The first-order valence-electron chi connectivity index (χ1n) is 9.34. The minimum atomic E-state index is 0.0240. The lowest BCUT2D eigenvalue weighted by Crippen LogP contribution is -2.48. The second-order valence-corrected chi connectivity index (χ2v) is 7.75. The van der Waals surface area contributed by atoms with E-state index >= 15 is 0 Å². The summed E-state index contributed by atoms with van der Waals surface area (Å²) in [6.45, 7) is 0.788. The highest BCUT2D eigenvalue weighted by Crippen LogP contribution is 2.40. The van der Waals surface area contributed by atoms with Gasteiger partial charge in [0.25, 0.3) is 5.91 Å². The number of anilines is 1. The molecule has 142 valence electrons. The third-order valence-corrected chi connectivity index (χ3v) is 5.80. The lowest BCUT2D eigenvalue weighted by molar-refractivity contribution is 0.0691. The molecule has 3 aromatic rings. The zero-order valence-electron chi connectivity index (χ0n) is 15.1. The van der Waals surface area contributed by atoms with Gasteiger partial charge in [-0.2, -0.15) is 15.0 Å². The van der Waals surface area contributed by atoms with Gasteiger partial charge in [-0.1, -0.05) is 23.7 Å². The number of rotatable bonds is 4. The van der Waals surface area contributed by atoms with Crippen molar-refractivity contribution in [3.05, 3.63) is 65.6 Å². The summed E-state index contributed by atoms with van der Waals surface area (Å²) in [5, 5.41) is 12.5. The van der Waals surface area contributed by atoms with E-state index in [1.807, 2.05) is 41.3 Å². The second kappa shape index (κ2) is 6.91. The Morgan fingerprint density at radius 3 is 2.68 bits per heavy atom. The molecular formula is C20H19ClN6O. The number of likely N-dealkylation sites (tertiary alicyclic amines) is 1. The number of pyridine rings is 1. The number of piperidine rings is 1. The fourth-order valence-corrected chi connectivity index (χ4v) is 4.50. The van der Waals surface area contributed by atoms with Gasteiger partial charge in [-0.15, -0.1) is 0 Å². The van der Waals surface area contributed by atoms with Gasteiger partial charge < -0.3 is 10.2 Å². The van der Waals surface area contributed by atoms with Crippen LogP contribution in [0.4, 0.5) is 5.82 Å². The Kier molecular flexibility index (Phi) is 4.24. The summed E-state index contributed by atoms with van der Waals surface area (Å²) in [6, 6.07) is 11.5. The first-order chi connectivity index (χ1) is 13.7. The number of para-hydroxylation sites is 1. The van der Waals surface area contributed by atoms with Crippen molar-refractivity contribution in [3.8, 4) is 5.69 Å². The summed E-state index contributed by atoms with van der Waals surface area (Å²) in [5.41, 5.74) is 1.32. The van der Waals surface area contributed by atoms with Crippen LogP contribution in [0, 0.1) is 5.92 Å². The molecule has 0 radical (unpaired) electrons. The van der Waals surface area contributed by atoms with Crippen LogP contribution >= 0.6 is 11.6 Å². The van der Waals surface area contributed by atoms with Gasteiger partial charge in [-0.25, -0.2) is 4.98 Å². The molecule has 1 N–H and O–H groups in total. The number of fused-ring (bicyclic) bond motifs is 2. The van der Waals surface area contributed by atoms with Crippen LogP contribution in [-0.4, -0.2) is 49.4 Å². The molecule has 0 spiro atoms. The normalized spacial score (nSPS) is 23.2. The number of nitrogens with one attached hydrogen (secondary N) is 1. The molecule has 5 rings (SSSR count). The first-order valence-corrected chi connectivity index (χ1v) is 9.71. The van der Waals surface area contributed by atoms with E-state index in [-0.39, 0.29) is 18.0 Å². The summed E-state index contributed by atoms with van der Waals surface area (Å²) in [5.74, 6) is 1.32. The Bertz CT molecular complexity index is 990. The molecule has 3 heterocycles. The van der Waals surface area contributed by atoms with Gasteiger partial charge in [0.2, 0.25) is 0 Å². The molecule has 1 amide bonds. The van der Waals surface area contributed by atoms with E-state index in [1.54, 1.807) is 18.6 Å². The maximum absolute atomic E-state index is 13.4. The quantitative estimate of drug-likeness (QED) is 0.736. The highest BCUT2D eigenvalue weighted by molar-refractivity contribution is 6.30. The summed E-state index contributed by atoms with van der Waals surface area (Å²) >= 11 is 5.93. The lowest BCUT2D eigenvalue weighted by Gasteiger charge is -2.34. The van der Waals surface area contributed by atoms with Crippen LogP contribution in [0.25, 0.3) is 5.69 Å². The summed E-state index contributed by atoms with van der Waals surface area (Å²) < 4.78 is 0. The molecule has 2 aromatic heterocycles. The molecule has 1 aliphatic carbocycles. The molecule has 3 atom stereocenters. The highest BCUT2D eigenvalue weighted by atomic mass is 35.5. The van der Waals surface area contributed by atoms with Crippen molar-refractivity contribution >= 4 is 23.3 Å². The minimum absolute atomic E-state index is 0.0240. The monoisotopic (exact) mass is 394 g/mol. The van der Waals surface area contributed by atoms with Crippen LogP contribution in [0.3, 0.4) is 0 Å². The first kappa shape index (κ1) is 17.2. The van der Waals surface area contributed by atoms with Crippen LogP contribution in [0.1, 0.15) is 23.2 Å². The van der Waals surface area contributed by atoms with Crippen LogP contribution in [0.15, 0.2) is 55.0 Å². The van der Waals surface area contributed by atoms with Crippen molar-refractivity contribution in [2.75, 3.05) is 11.9 Å². The molecule has 1 saturated heterocycles. The molecule has 2 aliphatic rings. The van der Waals surface area contributed by atoms with Crippen LogP contribution in [0.5, 0.6) is 0 Å². The van der Waals surface area contributed by atoms with Gasteiger partial charge in [0.05, 0.1) is 34.7 Å². The summed E-state index contributed by atoms with van der Waals surface area (Å²) in [6.07, 6.45) is 6.91. The fourth-order valence-electron chi connectivity index (χ4n) is 4.39. The topological polar surface area (TPSA) is 75.9 Å². The zero-order chi connectivity index (χ0) is 19.1. The predicted molar refractivity (Wildman–Crippen MR) is 106 cm³/mol. The van der Waals surface area contributed by atoms with Crippen LogP contribution < -0.4 is 5.32 Å². The molecule has 7 nitrogen and oxygen atoms in total. The average molecular weight is 395 g/mol.